The Morgan fingerprint density at radius 3 is 2.52 bits per heavy atom. The summed E-state index contributed by atoms with van der Waals surface area (Å²) in [4.78, 5) is 10.4. The topological polar surface area (TPSA) is 64.4 Å². The molecule has 0 heterocycles. The maximum absolute atomic E-state index is 10.8. The van der Waals surface area contributed by atoms with Crippen molar-refractivity contribution in [3.63, 3.8) is 0 Å². The highest BCUT2D eigenvalue weighted by Crippen LogP contribution is 2.23. The molecule has 0 aromatic heterocycles. The lowest BCUT2D eigenvalue weighted by atomic mass is 10.1. The number of nitrogens with zero attached hydrogens (tertiary/aromatic N) is 1. The Balaban J connectivity index is 2.03. The van der Waals surface area contributed by atoms with E-state index in [9.17, 15) is 10.1 Å². The zero-order valence-electron chi connectivity index (χ0n) is 11.5. The normalized spacial score (nSPS) is 10.4. The number of benzene rings is 2. The van der Waals surface area contributed by atoms with Crippen molar-refractivity contribution in [1.29, 1.82) is 0 Å². The van der Waals surface area contributed by atoms with Crippen LogP contribution in [0.2, 0.25) is 5.02 Å². The number of nitro benzene ring substituents is 1. The molecule has 2 rings (SSSR count). The Morgan fingerprint density at radius 2 is 1.90 bits per heavy atom. The number of ether oxygens (including phenoxy) is 1. The summed E-state index contributed by atoms with van der Waals surface area (Å²) in [6.45, 7) is 0.712. The van der Waals surface area contributed by atoms with Gasteiger partial charge in [0.15, 0.2) is 0 Å². The smallest absolute Gasteiger partial charge is 0.269 e. The minimum atomic E-state index is -0.415. The van der Waals surface area contributed by atoms with E-state index in [1.807, 2.05) is 12.1 Å². The first-order valence-corrected chi connectivity index (χ1v) is 6.75. The molecular weight excluding hydrogens is 292 g/mol. The number of hydrogen-bond donors (Lipinski definition) is 1. The molecule has 2 aromatic rings. The summed E-state index contributed by atoms with van der Waals surface area (Å²) in [5, 5.41) is 14.5. The van der Waals surface area contributed by atoms with E-state index in [2.05, 4.69) is 5.32 Å². The van der Waals surface area contributed by atoms with E-state index in [0.717, 1.165) is 16.8 Å². The van der Waals surface area contributed by atoms with E-state index >= 15 is 0 Å². The number of rotatable bonds is 6. The summed E-state index contributed by atoms with van der Waals surface area (Å²) < 4.78 is 5.62. The molecule has 110 valence electrons. The number of anilines is 1. The number of hydrogen-bond acceptors (Lipinski definition) is 4. The largest absolute Gasteiger partial charge is 0.388 e. The minimum absolute atomic E-state index is 0.0547. The summed E-state index contributed by atoms with van der Waals surface area (Å²) in [5.41, 5.74) is 2.62. The van der Waals surface area contributed by atoms with Crippen LogP contribution in [0.4, 0.5) is 11.4 Å². The van der Waals surface area contributed by atoms with Crippen LogP contribution < -0.4 is 5.32 Å². The molecule has 21 heavy (non-hydrogen) atoms. The van der Waals surface area contributed by atoms with Gasteiger partial charge in [-0.05, 0) is 23.8 Å². The van der Waals surface area contributed by atoms with E-state index < -0.39 is 4.92 Å². The van der Waals surface area contributed by atoms with Gasteiger partial charge in [-0.15, -0.1) is 0 Å². The third-order valence-electron chi connectivity index (χ3n) is 3.01. The van der Waals surface area contributed by atoms with Crippen LogP contribution in [0.5, 0.6) is 0 Å². The second-order valence-electron chi connectivity index (χ2n) is 4.47. The molecule has 0 fully saturated rings. The maximum Gasteiger partial charge on any atom is 0.269 e. The predicted octanol–water partition coefficient (Wildman–Crippen LogP) is 4.01. The summed E-state index contributed by atoms with van der Waals surface area (Å²) in [6, 6.07) is 12.0. The fourth-order valence-corrected chi connectivity index (χ4v) is 2.04. The van der Waals surface area contributed by atoms with Crippen LogP contribution in [0.25, 0.3) is 0 Å². The third kappa shape index (κ3) is 4.18. The van der Waals surface area contributed by atoms with Gasteiger partial charge in [-0.1, -0.05) is 23.7 Å². The van der Waals surface area contributed by atoms with Crippen LogP contribution in [-0.4, -0.2) is 12.0 Å². The average Bonchev–Trinajstić information content (AvgIpc) is 2.49. The zero-order valence-corrected chi connectivity index (χ0v) is 12.3. The van der Waals surface area contributed by atoms with Crippen LogP contribution in [0.3, 0.4) is 0 Å². The van der Waals surface area contributed by atoms with Gasteiger partial charge in [0.25, 0.3) is 5.69 Å². The molecule has 6 heteroatoms. The fourth-order valence-electron chi connectivity index (χ4n) is 1.92. The molecule has 5 nitrogen and oxygen atoms in total. The molecule has 0 atom stereocenters. The van der Waals surface area contributed by atoms with Gasteiger partial charge < -0.3 is 10.1 Å². The molecule has 2 aromatic carbocycles. The van der Waals surface area contributed by atoms with Crippen LogP contribution in [0, 0.1) is 10.1 Å². The predicted molar refractivity (Wildman–Crippen MR) is 82.6 cm³/mol. The second-order valence-corrected chi connectivity index (χ2v) is 4.90. The molecule has 0 saturated heterocycles. The Bertz CT molecular complexity index is 629. The van der Waals surface area contributed by atoms with Gasteiger partial charge in [0.2, 0.25) is 0 Å². The standard InChI is InChI=1S/C15H15ClN2O3/c1-17-15-7-6-14(18(19)20)8-12(15)10-21-9-11-2-4-13(16)5-3-11/h2-8,17H,9-10H2,1H3. The number of nitrogens with one attached hydrogen (secondary N) is 1. The van der Waals surface area contributed by atoms with Crippen molar-refractivity contribution in [2.24, 2.45) is 0 Å². The maximum atomic E-state index is 10.8. The number of halogens is 1. The summed E-state index contributed by atoms with van der Waals surface area (Å²) in [7, 11) is 1.77. The molecule has 0 saturated carbocycles. The summed E-state index contributed by atoms with van der Waals surface area (Å²) >= 11 is 5.82. The highest BCUT2D eigenvalue weighted by atomic mass is 35.5. The molecule has 0 amide bonds. The van der Waals surface area contributed by atoms with E-state index in [0.29, 0.717) is 18.2 Å². The molecule has 0 aliphatic heterocycles. The first-order chi connectivity index (χ1) is 10.1. The quantitative estimate of drug-likeness (QED) is 0.647. The molecule has 0 radical (unpaired) electrons. The molecule has 0 aliphatic carbocycles. The Labute approximate surface area is 127 Å². The van der Waals surface area contributed by atoms with Gasteiger partial charge in [-0.2, -0.15) is 0 Å². The van der Waals surface area contributed by atoms with E-state index in [1.54, 1.807) is 25.2 Å². The molecule has 1 N–H and O–H groups in total. The monoisotopic (exact) mass is 306 g/mol. The highest BCUT2D eigenvalue weighted by molar-refractivity contribution is 6.30. The number of non-ortho nitro benzene ring substituents is 1. The lowest BCUT2D eigenvalue weighted by Crippen LogP contribution is -2.00. The first-order valence-electron chi connectivity index (χ1n) is 6.37. The lowest BCUT2D eigenvalue weighted by molar-refractivity contribution is -0.384. The second kappa shape index (κ2) is 7.06. The fraction of sp³-hybridized carbons (Fsp3) is 0.200. The van der Waals surface area contributed by atoms with Crippen LogP contribution in [-0.2, 0) is 18.0 Å². The Morgan fingerprint density at radius 1 is 1.19 bits per heavy atom. The van der Waals surface area contributed by atoms with Gasteiger partial charge in [-0.25, -0.2) is 0 Å². The summed E-state index contributed by atoms with van der Waals surface area (Å²) in [5.74, 6) is 0. The van der Waals surface area contributed by atoms with Gasteiger partial charge in [-0.3, -0.25) is 10.1 Å². The number of nitro groups is 1. The van der Waals surface area contributed by atoms with Crippen molar-refractivity contribution in [1.82, 2.24) is 0 Å². The van der Waals surface area contributed by atoms with E-state index in [4.69, 9.17) is 16.3 Å². The van der Waals surface area contributed by atoms with Gasteiger partial charge in [0, 0.05) is 35.5 Å². The molecule has 0 aliphatic rings. The highest BCUT2D eigenvalue weighted by Gasteiger charge is 2.10. The van der Waals surface area contributed by atoms with Crippen molar-refractivity contribution in [3.05, 3.63) is 68.7 Å². The minimum Gasteiger partial charge on any atom is -0.388 e. The Kier molecular flexibility index (Phi) is 5.14. The van der Waals surface area contributed by atoms with Gasteiger partial charge in [0.05, 0.1) is 18.1 Å². The molecule has 0 spiro atoms. The van der Waals surface area contributed by atoms with Crippen LogP contribution in [0.1, 0.15) is 11.1 Å². The van der Waals surface area contributed by atoms with Gasteiger partial charge >= 0.3 is 0 Å². The zero-order chi connectivity index (χ0) is 15.2. The third-order valence-corrected chi connectivity index (χ3v) is 3.26. The average molecular weight is 307 g/mol. The SMILES string of the molecule is CNc1ccc([N+](=O)[O-])cc1COCc1ccc(Cl)cc1. The van der Waals surface area contributed by atoms with Crippen molar-refractivity contribution >= 4 is 23.0 Å². The van der Waals surface area contributed by atoms with Crippen molar-refractivity contribution < 1.29 is 9.66 Å². The van der Waals surface area contributed by atoms with Crippen LogP contribution in [0.15, 0.2) is 42.5 Å². The first kappa shape index (κ1) is 15.3. The van der Waals surface area contributed by atoms with E-state index in [-0.39, 0.29) is 5.69 Å². The van der Waals surface area contributed by atoms with Crippen molar-refractivity contribution in [3.8, 4) is 0 Å². The van der Waals surface area contributed by atoms with Crippen LogP contribution >= 0.6 is 11.6 Å². The van der Waals surface area contributed by atoms with Crippen molar-refractivity contribution in [2.45, 2.75) is 13.2 Å². The van der Waals surface area contributed by atoms with Gasteiger partial charge in [0.1, 0.15) is 0 Å². The van der Waals surface area contributed by atoms with Crippen molar-refractivity contribution in [2.75, 3.05) is 12.4 Å². The molecule has 0 bridgehead atoms. The summed E-state index contributed by atoms with van der Waals surface area (Å²) in [6.07, 6.45) is 0. The lowest BCUT2D eigenvalue weighted by Gasteiger charge is -2.10. The molecular formula is C15H15ClN2O3. The Hall–Kier alpha value is -2.11. The van der Waals surface area contributed by atoms with E-state index in [1.165, 1.54) is 12.1 Å². The molecule has 0 unspecified atom stereocenters.